The molecule has 6 heteroatoms. The summed E-state index contributed by atoms with van der Waals surface area (Å²) in [7, 11) is 3.75. The number of carbonyl (C=O) groups is 2. The highest BCUT2D eigenvalue weighted by Gasteiger charge is 2.16. The van der Waals surface area contributed by atoms with E-state index in [0.717, 1.165) is 0 Å². The summed E-state index contributed by atoms with van der Waals surface area (Å²) in [5.74, 6) is -1.65. The van der Waals surface area contributed by atoms with Gasteiger partial charge in [-0.3, -0.25) is 9.59 Å². The fourth-order valence-electron chi connectivity index (χ4n) is 1.64. The highest BCUT2D eigenvalue weighted by atomic mass is 19.1. The van der Waals surface area contributed by atoms with Crippen LogP contribution in [0.4, 0.5) is 4.39 Å². The number of benzene rings is 1. The van der Waals surface area contributed by atoms with Crippen molar-refractivity contribution in [2.45, 2.75) is 6.42 Å². The number of aliphatic carboxylic acids is 1. The van der Waals surface area contributed by atoms with Crippen LogP contribution in [0.3, 0.4) is 0 Å². The summed E-state index contributed by atoms with van der Waals surface area (Å²) in [4.78, 5) is 26.3. The quantitative estimate of drug-likeness (QED) is 0.819. The number of carboxylic acid groups (broad SMARTS) is 1. The molecule has 0 bridgehead atoms. The molecule has 0 fully saturated rings. The standard InChI is InChI=1S/C14H19FN2O3/c1-16(2)9-10-17(8-7-13(18)19)14(20)11-3-5-12(15)6-4-11/h3-6H,7-10H2,1-2H3,(H,18,19). The maximum atomic E-state index is 12.8. The van der Waals surface area contributed by atoms with Gasteiger partial charge in [0.05, 0.1) is 6.42 Å². The lowest BCUT2D eigenvalue weighted by Gasteiger charge is -2.24. The zero-order chi connectivity index (χ0) is 15.1. The predicted molar refractivity (Wildman–Crippen MR) is 73.1 cm³/mol. The van der Waals surface area contributed by atoms with Gasteiger partial charge in [-0.15, -0.1) is 0 Å². The van der Waals surface area contributed by atoms with E-state index in [9.17, 15) is 14.0 Å². The van der Waals surface area contributed by atoms with Gasteiger partial charge in [0.25, 0.3) is 5.91 Å². The highest BCUT2D eigenvalue weighted by molar-refractivity contribution is 5.94. The van der Waals surface area contributed by atoms with Crippen LogP contribution in [0.5, 0.6) is 0 Å². The second kappa shape index (κ2) is 7.59. The molecule has 110 valence electrons. The summed E-state index contributed by atoms with van der Waals surface area (Å²) in [6.07, 6.45) is -0.111. The second-order valence-electron chi connectivity index (χ2n) is 4.75. The third kappa shape index (κ3) is 5.36. The number of likely N-dealkylation sites (N-methyl/N-ethyl adjacent to an activating group) is 1. The molecule has 1 rings (SSSR count). The number of hydrogen-bond acceptors (Lipinski definition) is 3. The van der Waals surface area contributed by atoms with E-state index in [-0.39, 0.29) is 18.9 Å². The third-order valence-corrected chi connectivity index (χ3v) is 2.79. The van der Waals surface area contributed by atoms with E-state index >= 15 is 0 Å². The minimum absolute atomic E-state index is 0.111. The summed E-state index contributed by atoms with van der Waals surface area (Å²) < 4.78 is 12.8. The van der Waals surface area contributed by atoms with Gasteiger partial charge in [0.1, 0.15) is 5.82 Å². The molecule has 0 heterocycles. The fourth-order valence-corrected chi connectivity index (χ4v) is 1.64. The lowest BCUT2D eigenvalue weighted by Crippen LogP contribution is -2.38. The molecule has 0 saturated heterocycles. The molecule has 0 atom stereocenters. The van der Waals surface area contributed by atoms with Crippen LogP contribution < -0.4 is 0 Å². The SMILES string of the molecule is CN(C)CCN(CCC(=O)O)C(=O)c1ccc(F)cc1. The van der Waals surface area contributed by atoms with Crippen molar-refractivity contribution in [3.8, 4) is 0 Å². The first-order chi connectivity index (χ1) is 9.40. The Labute approximate surface area is 117 Å². The Morgan fingerprint density at radius 3 is 2.20 bits per heavy atom. The molecule has 0 aromatic heterocycles. The van der Waals surface area contributed by atoms with E-state index < -0.39 is 11.8 Å². The Morgan fingerprint density at radius 2 is 1.70 bits per heavy atom. The summed E-state index contributed by atoms with van der Waals surface area (Å²) in [5.41, 5.74) is 0.357. The Hall–Kier alpha value is -1.95. The van der Waals surface area contributed by atoms with Crippen molar-refractivity contribution in [3.05, 3.63) is 35.6 Å². The van der Waals surface area contributed by atoms with Crippen molar-refractivity contribution < 1.29 is 19.1 Å². The number of nitrogens with zero attached hydrogens (tertiary/aromatic N) is 2. The van der Waals surface area contributed by atoms with Gasteiger partial charge in [0.2, 0.25) is 0 Å². The average molecular weight is 282 g/mol. The van der Waals surface area contributed by atoms with Gasteiger partial charge in [-0.05, 0) is 38.4 Å². The van der Waals surface area contributed by atoms with Gasteiger partial charge < -0.3 is 14.9 Å². The van der Waals surface area contributed by atoms with Gasteiger partial charge in [-0.2, -0.15) is 0 Å². The van der Waals surface area contributed by atoms with Gasteiger partial charge in [0, 0.05) is 25.2 Å². The summed E-state index contributed by atoms with van der Waals surface area (Å²) in [6.45, 7) is 1.20. The summed E-state index contributed by atoms with van der Waals surface area (Å²) in [6, 6.07) is 5.24. The number of hydrogen-bond donors (Lipinski definition) is 1. The van der Waals surface area contributed by atoms with E-state index in [1.54, 1.807) is 0 Å². The van der Waals surface area contributed by atoms with E-state index in [1.165, 1.54) is 29.2 Å². The van der Waals surface area contributed by atoms with Crippen LogP contribution in [0, 0.1) is 5.82 Å². The van der Waals surface area contributed by atoms with Gasteiger partial charge >= 0.3 is 5.97 Å². The molecular weight excluding hydrogens is 263 g/mol. The van der Waals surface area contributed by atoms with Crippen LogP contribution in [0.1, 0.15) is 16.8 Å². The van der Waals surface area contributed by atoms with Crippen LogP contribution in [0.15, 0.2) is 24.3 Å². The lowest BCUT2D eigenvalue weighted by atomic mass is 10.2. The Balaban J connectivity index is 2.76. The van der Waals surface area contributed by atoms with Crippen molar-refractivity contribution in [1.29, 1.82) is 0 Å². The first-order valence-corrected chi connectivity index (χ1v) is 6.31. The molecule has 20 heavy (non-hydrogen) atoms. The van der Waals surface area contributed by atoms with Crippen molar-refractivity contribution in [2.75, 3.05) is 33.7 Å². The Morgan fingerprint density at radius 1 is 1.10 bits per heavy atom. The van der Waals surface area contributed by atoms with Crippen LogP contribution in [-0.2, 0) is 4.79 Å². The van der Waals surface area contributed by atoms with Crippen LogP contribution in [-0.4, -0.2) is 60.5 Å². The first-order valence-electron chi connectivity index (χ1n) is 6.31. The summed E-state index contributed by atoms with van der Waals surface area (Å²) in [5, 5.41) is 8.73. The average Bonchev–Trinajstić information content (AvgIpc) is 2.38. The minimum Gasteiger partial charge on any atom is -0.481 e. The molecule has 1 amide bonds. The van der Waals surface area contributed by atoms with Gasteiger partial charge in [-0.1, -0.05) is 0 Å². The number of halogens is 1. The lowest BCUT2D eigenvalue weighted by molar-refractivity contribution is -0.137. The monoisotopic (exact) mass is 282 g/mol. The molecule has 5 nitrogen and oxygen atoms in total. The molecule has 0 radical (unpaired) electrons. The number of amides is 1. The van der Waals surface area contributed by atoms with Crippen molar-refractivity contribution in [3.63, 3.8) is 0 Å². The molecular formula is C14H19FN2O3. The molecule has 0 aliphatic rings. The zero-order valence-corrected chi connectivity index (χ0v) is 11.7. The molecule has 0 aliphatic carbocycles. The molecule has 1 aromatic carbocycles. The fraction of sp³-hybridized carbons (Fsp3) is 0.429. The van der Waals surface area contributed by atoms with Crippen molar-refractivity contribution in [1.82, 2.24) is 9.80 Å². The van der Waals surface area contributed by atoms with Crippen molar-refractivity contribution >= 4 is 11.9 Å². The first kappa shape index (κ1) is 16.1. The molecule has 0 saturated carbocycles. The topological polar surface area (TPSA) is 60.9 Å². The van der Waals surface area contributed by atoms with Gasteiger partial charge in [-0.25, -0.2) is 4.39 Å². The molecule has 0 spiro atoms. The Bertz CT molecular complexity index is 460. The highest BCUT2D eigenvalue weighted by Crippen LogP contribution is 2.07. The zero-order valence-electron chi connectivity index (χ0n) is 11.7. The Kier molecular flexibility index (Phi) is 6.11. The van der Waals surface area contributed by atoms with E-state index in [1.807, 2.05) is 19.0 Å². The predicted octanol–water partition coefficient (Wildman–Crippen LogP) is 1.30. The molecule has 1 N–H and O–H groups in total. The van der Waals surface area contributed by atoms with Crippen LogP contribution in [0.2, 0.25) is 0 Å². The number of rotatable bonds is 7. The van der Waals surface area contributed by atoms with E-state index in [0.29, 0.717) is 18.7 Å². The number of carbonyl (C=O) groups excluding carboxylic acids is 1. The largest absolute Gasteiger partial charge is 0.481 e. The van der Waals surface area contributed by atoms with E-state index in [2.05, 4.69) is 0 Å². The van der Waals surface area contributed by atoms with Crippen molar-refractivity contribution in [2.24, 2.45) is 0 Å². The normalized spacial score (nSPS) is 10.6. The maximum Gasteiger partial charge on any atom is 0.305 e. The minimum atomic E-state index is -0.952. The van der Waals surface area contributed by atoms with Crippen LogP contribution >= 0.6 is 0 Å². The summed E-state index contributed by atoms with van der Waals surface area (Å²) >= 11 is 0. The smallest absolute Gasteiger partial charge is 0.305 e. The molecule has 1 aromatic rings. The van der Waals surface area contributed by atoms with Gasteiger partial charge in [0.15, 0.2) is 0 Å². The molecule has 0 unspecified atom stereocenters. The molecule has 0 aliphatic heterocycles. The second-order valence-corrected chi connectivity index (χ2v) is 4.75. The van der Waals surface area contributed by atoms with Crippen LogP contribution in [0.25, 0.3) is 0 Å². The van der Waals surface area contributed by atoms with E-state index in [4.69, 9.17) is 5.11 Å². The number of carboxylic acids is 1. The third-order valence-electron chi connectivity index (χ3n) is 2.79. The maximum absolute atomic E-state index is 12.8.